The number of esters is 1. The number of hydrogen-bond acceptors (Lipinski definition) is 7. The van der Waals surface area contributed by atoms with E-state index in [-0.39, 0.29) is 22.6 Å². The van der Waals surface area contributed by atoms with Gasteiger partial charge in [-0.2, -0.15) is 0 Å². The zero-order valence-corrected chi connectivity index (χ0v) is 16.3. The molecule has 0 aliphatic rings. The van der Waals surface area contributed by atoms with Crippen LogP contribution in [0.5, 0.6) is 17.2 Å². The molecular weight excluding hydrogens is 374 g/mol. The minimum absolute atomic E-state index is 0.110. The lowest BCUT2D eigenvalue weighted by Gasteiger charge is -2.16. The molecule has 2 aromatic carbocycles. The molecule has 0 atom stereocenters. The van der Waals surface area contributed by atoms with Crippen LogP contribution < -0.4 is 18.9 Å². The molecule has 0 aliphatic heterocycles. The van der Waals surface area contributed by atoms with Crippen molar-refractivity contribution in [3.8, 4) is 17.2 Å². The Hall–Kier alpha value is -2.94. The maximum Gasteiger partial charge on any atom is 0.310 e. The second-order valence-corrected chi connectivity index (χ2v) is 7.05. The largest absolute Gasteiger partial charge is 0.497 e. The Labute approximate surface area is 158 Å². The number of anilines is 1. The van der Waals surface area contributed by atoms with Crippen LogP contribution in [-0.2, 0) is 26.0 Å². The zero-order valence-electron chi connectivity index (χ0n) is 15.4. The van der Waals surface area contributed by atoms with E-state index in [1.54, 1.807) is 24.3 Å². The summed E-state index contributed by atoms with van der Waals surface area (Å²) in [5.41, 5.74) is 0.565. The van der Waals surface area contributed by atoms with Crippen molar-refractivity contribution in [2.45, 2.75) is 11.3 Å². The topological polar surface area (TPSA) is 100 Å². The Morgan fingerprint density at radius 3 is 2.04 bits per heavy atom. The minimum Gasteiger partial charge on any atom is -0.497 e. The van der Waals surface area contributed by atoms with Gasteiger partial charge in [0.15, 0.2) is 11.5 Å². The number of ether oxygens (including phenoxy) is 4. The van der Waals surface area contributed by atoms with Gasteiger partial charge in [0.2, 0.25) is 0 Å². The van der Waals surface area contributed by atoms with Crippen LogP contribution in [0.1, 0.15) is 5.56 Å². The average Bonchev–Trinajstić information content (AvgIpc) is 2.67. The number of methoxy groups -OCH3 is 4. The normalized spacial score (nSPS) is 10.8. The van der Waals surface area contributed by atoms with E-state index in [1.807, 2.05) is 0 Å². The molecule has 0 fully saturated rings. The molecule has 9 heteroatoms. The molecule has 2 aromatic rings. The average molecular weight is 395 g/mol. The van der Waals surface area contributed by atoms with Gasteiger partial charge in [0.05, 0.1) is 39.8 Å². The Balaban J connectivity index is 2.49. The molecule has 0 aromatic heterocycles. The van der Waals surface area contributed by atoms with Crippen LogP contribution in [0.25, 0.3) is 0 Å². The van der Waals surface area contributed by atoms with Crippen molar-refractivity contribution in [3.05, 3.63) is 42.0 Å². The quantitative estimate of drug-likeness (QED) is 0.684. The summed E-state index contributed by atoms with van der Waals surface area (Å²) in [7, 11) is 1.55. The highest BCUT2D eigenvalue weighted by Crippen LogP contribution is 2.34. The van der Waals surface area contributed by atoms with Crippen molar-refractivity contribution in [3.63, 3.8) is 0 Å². The molecule has 0 spiro atoms. The van der Waals surface area contributed by atoms with Gasteiger partial charge >= 0.3 is 5.97 Å². The van der Waals surface area contributed by atoms with E-state index in [9.17, 15) is 13.2 Å². The highest BCUT2D eigenvalue weighted by atomic mass is 32.2. The van der Waals surface area contributed by atoms with Gasteiger partial charge in [0.25, 0.3) is 10.0 Å². The number of sulfonamides is 1. The van der Waals surface area contributed by atoms with Crippen LogP contribution >= 0.6 is 0 Å². The molecule has 0 heterocycles. The fourth-order valence-electron chi connectivity index (χ4n) is 2.39. The van der Waals surface area contributed by atoms with Gasteiger partial charge in [-0.3, -0.25) is 9.52 Å². The van der Waals surface area contributed by atoms with Crippen molar-refractivity contribution in [1.29, 1.82) is 0 Å². The molecule has 0 radical (unpaired) electrons. The Morgan fingerprint density at radius 2 is 1.52 bits per heavy atom. The summed E-state index contributed by atoms with van der Waals surface area (Å²) < 4.78 is 48.4. The minimum atomic E-state index is -4.01. The second kappa shape index (κ2) is 8.63. The highest BCUT2D eigenvalue weighted by Gasteiger charge is 2.24. The van der Waals surface area contributed by atoms with Gasteiger partial charge in [-0.25, -0.2) is 8.42 Å². The summed E-state index contributed by atoms with van der Waals surface area (Å²) in [4.78, 5) is 11.6. The second-order valence-electron chi connectivity index (χ2n) is 5.40. The van der Waals surface area contributed by atoms with E-state index in [1.165, 1.54) is 40.6 Å². The first-order valence-electron chi connectivity index (χ1n) is 7.83. The monoisotopic (exact) mass is 395 g/mol. The van der Waals surface area contributed by atoms with Crippen LogP contribution in [-0.4, -0.2) is 42.8 Å². The lowest BCUT2D eigenvalue weighted by atomic mass is 10.1. The fourth-order valence-corrected chi connectivity index (χ4v) is 3.68. The van der Waals surface area contributed by atoms with Gasteiger partial charge in [-0.1, -0.05) is 0 Å². The molecule has 0 amide bonds. The molecule has 0 bridgehead atoms. The van der Waals surface area contributed by atoms with Crippen LogP contribution in [0.4, 0.5) is 5.69 Å². The van der Waals surface area contributed by atoms with Gasteiger partial charge in [-0.05, 0) is 35.9 Å². The molecule has 0 saturated heterocycles. The van der Waals surface area contributed by atoms with Crippen molar-refractivity contribution < 1.29 is 32.2 Å². The number of rotatable bonds is 8. The molecule has 0 aliphatic carbocycles. The zero-order chi connectivity index (χ0) is 20.0. The molecule has 1 N–H and O–H groups in total. The van der Waals surface area contributed by atoms with E-state index >= 15 is 0 Å². The van der Waals surface area contributed by atoms with Gasteiger partial charge < -0.3 is 18.9 Å². The number of benzene rings is 2. The summed E-state index contributed by atoms with van der Waals surface area (Å²) in [6.07, 6.45) is -0.240. The van der Waals surface area contributed by atoms with Crippen molar-refractivity contribution in [2.24, 2.45) is 0 Å². The van der Waals surface area contributed by atoms with E-state index in [4.69, 9.17) is 14.2 Å². The molecule has 0 unspecified atom stereocenters. The number of nitrogens with one attached hydrogen (secondary N) is 1. The van der Waals surface area contributed by atoms with Crippen molar-refractivity contribution in [2.75, 3.05) is 33.2 Å². The summed E-state index contributed by atoms with van der Waals surface area (Å²) in [6, 6.07) is 9.14. The van der Waals surface area contributed by atoms with E-state index in [0.717, 1.165) is 0 Å². The lowest BCUT2D eigenvalue weighted by Crippen LogP contribution is -2.17. The third-order valence-corrected chi connectivity index (χ3v) is 5.22. The SMILES string of the molecule is COC(=O)Cc1cc(OC)c(OC)cc1S(=O)(=O)Nc1ccc(OC)cc1. The fraction of sp³-hybridized carbons (Fsp3) is 0.278. The highest BCUT2D eigenvalue weighted by molar-refractivity contribution is 7.92. The molecule has 146 valence electrons. The van der Waals surface area contributed by atoms with Gasteiger partial charge in [-0.15, -0.1) is 0 Å². The van der Waals surface area contributed by atoms with Crippen LogP contribution in [0, 0.1) is 0 Å². The molecule has 2 rings (SSSR count). The molecule has 8 nitrogen and oxygen atoms in total. The summed E-state index contributed by atoms with van der Waals surface area (Å²) >= 11 is 0. The molecular formula is C18H21NO7S. The van der Waals surface area contributed by atoms with E-state index in [0.29, 0.717) is 17.2 Å². The van der Waals surface area contributed by atoms with Crippen LogP contribution in [0.15, 0.2) is 41.3 Å². The number of carbonyl (C=O) groups is 1. The first-order chi connectivity index (χ1) is 12.8. The maximum atomic E-state index is 12.9. The maximum absolute atomic E-state index is 12.9. The van der Waals surface area contributed by atoms with Gasteiger partial charge in [0.1, 0.15) is 5.75 Å². The Bertz CT molecular complexity index is 908. The molecule has 27 heavy (non-hydrogen) atoms. The van der Waals surface area contributed by atoms with E-state index in [2.05, 4.69) is 9.46 Å². The standard InChI is InChI=1S/C18H21NO7S/c1-23-14-7-5-13(6-8-14)19-27(21,22)17-11-16(25-3)15(24-2)9-12(17)10-18(20)26-4/h5-9,11,19H,10H2,1-4H3. The predicted octanol–water partition coefficient (Wildman–Crippen LogP) is 2.23. The first-order valence-corrected chi connectivity index (χ1v) is 9.31. The van der Waals surface area contributed by atoms with E-state index < -0.39 is 16.0 Å². The number of hydrogen-bond donors (Lipinski definition) is 1. The Kier molecular flexibility index (Phi) is 6.51. The van der Waals surface area contributed by atoms with Crippen LogP contribution in [0.3, 0.4) is 0 Å². The number of carbonyl (C=O) groups excluding carboxylic acids is 1. The smallest absolute Gasteiger partial charge is 0.310 e. The first kappa shape index (κ1) is 20.4. The lowest BCUT2D eigenvalue weighted by molar-refractivity contribution is -0.139. The summed E-state index contributed by atoms with van der Waals surface area (Å²) in [5, 5.41) is 0. The van der Waals surface area contributed by atoms with Crippen molar-refractivity contribution >= 4 is 21.7 Å². The summed E-state index contributed by atoms with van der Waals surface area (Å²) in [5.74, 6) is 0.541. The molecule has 0 saturated carbocycles. The third kappa shape index (κ3) is 4.82. The van der Waals surface area contributed by atoms with Crippen molar-refractivity contribution in [1.82, 2.24) is 0 Å². The van der Waals surface area contributed by atoms with Gasteiger partial charge in [0, 0.05) is 11.8 Å². The third-order valence-electron chi connectivity index (χ3n) is 3.76. The summed E-state index contributed by atoms with van der Waals surface area (Å²) in [6.45, 7) is 0. The Morgan fingerprint density at radius 1 is 0.926 bits per heavy atom. The van der Waals surface area contributed by atoms with Crippen LogP contribution in [0.2, 0.25) is 0 Å². The predicted molar refractivity (Wildman–Crippen MR) is 99.1 cm³/mol.